The molecule has 0 bridgehead atoms. The van der Waals surface area contributed by atoms with Gasteiger partial charge in [-0.1, -0.05) is 0 Å². The summed E-state index contributed by atoms with van der Waals surface area (Å²) in [5.74, 6) is -0.265. The van der Waals surface area contributed by atoms with Gasteiger partial charge in [0, 0.05) is 15.3 Å². The largest absolute Gasteiger partial charge is 0.401 e. The molecule has 0 atom stereocenters. The number of ketones is 1. The number of carbonyl (C=O) groups is 1. The van der Waals surface area contributed by atoms with Crippen LogP contribution >= 0.6 is 11.3 Å². The fourth-order valence-corrected chi connectivity index (χ4v) is 2.54. The summed E-state index contributed by atoms with van der Waals surface area (Å²) >= 11 is 1.48. The topological polar surface area (TPSA) is 20.3 Å². The SMILES string of the molecule is Cc1cc(C(=O)CN(C)CC(F)(F)F)c(C)s1. The van der Waals surface area contributed by atoms with E-state index in [1.54, 1.807) is 13.0 Å². The smallest absolute Gasteiger partial charge is 0.293 e. The number of likely N-dealkylation sites (N-methyl/N-ethyl adjacent to an activating group) is 1. The number of nitrogens with zero attached hydrogens (tertiary/aromatic N) is 1. The zero-order valence-corrected chi connectivity index (χ0v) is 10.7. The maximum absolute atomic E-state index is 12.1. The normalized spacial score (nSPS) is 12.2. The first-order valence-electron chi connectivity index (χ1n) is 5.04. The minimum absolute atomic E-state index is 0.212. The Bertz CT molecular complexity index is 411. The third-order valence-electron chi connectivity index (χ3n) is 2.20. The summed E-state index contributed by atoms with van der Waals surface area (Å²) in [7, 11) is 1.29. The predicted octanol–water partition coefficient (Wildman–Crippen LogP) is 3.04. The number of Topliss-reactive ketones (excluding diaryl/α,β-unsaturated/α-hetero) is 1. The van der Waals surface area contributed by atoms with Crippen LogP contribution in [0, 0.1) is 13.8 Å². The van der Waals surface area contributed by atoms with E-state index in [0.717, 1.165) is 14.7 Å². The third-order valence-corrected chi connectivity index (χ3v) is 3.17. The summed E-state index contributed by atoms with van der Waals surface area (Å²) in [5.41, 5.74) is 0.529. The van der Waals surface area contributed by atoms with Crippen molar-refractivity contribution in [2.75, 3.05) is 20.1 Å². The first kappa shape index (κ1) is 14.2. The first-order chi connectivity index (χ1) is 7.69. The van der Waals surface area contributed by atoms with Crippen LogP contribution in [0.3, 0.4) is 0 Å². The molecular formula is C11H14F3NOS. The molecule has 0 saturated carbocycles. The number of carbonyl (C=O) groups excluding carboxylic acids is 1. The van der Waals surface area contributed by atoms with Crippen LogP contribution in [0.25, 0.3) is 0 Å². The van der Waals surface area contributed by atoms with Crippen LogP contribution < -0.4 is 0 Å². The molecule has 96 valence electrons. The second-order valence-electron chi connectivity index (χ2n) is 4.04. The molecule has 0 fully saturated rings. The van der Waals surface area contributed by atoms with Gasteiger partial charge in [0.1, 0.15) is 0 Å². The molecule has 0 aliphatic heterocycles. The van der Waals surface area contributed by atoms with Crippen molar-refractivity contribution in [3.63, 3.8) is 0 Å². The number of alkyl halides is 3. The van der Waals surface area contributed by atoms with Gasteiger partial charge in [-0.25, -0.2) is 0 Å². The molecule has 2 nitrogen and oxygen atoms in total. The second-order valence-corrected chi connectivity index (χ2v) is 5.50. The molecule has 1 rings (SSSR count). The molecule has 1 aromatic rings. The van der Waals surface area contributed by atoms with E-state index in [9.17, 15) is 18.0 Å². The number of rotatable bonds is 4. The molecule has 6 heteroatoms. The van der Waals surface area contributed by atoms with Crippen LogP contribution in [0.1, 0.15) is 20.1 Å². The Balaban J connectivity index is 2.64. The molecule has 0 aromatic carbocycles. The van der Waals surface area contributed by atoms with Gasteiger partial charge in [-0.15, -0.1) is 11.3 Å². The Morgan fingerprint density at radius 1 is 1.41 bits per heavy atom. The number of thiophene rings is 1. The standard InChI is InChI=1S/C11H14F3NOS/c1-7-4-9(8(2)17-7)10(16)5-15(3)6-11(12,13)14/h4H,5-6H2,1-3H3. The number of hydrogen-bond acceptors (Lipinski definition) is 3. The van der Waals surface area contributed by atoms with Gasteiger partial charge in [0.2, 0.25) is 0 Å². The minimum Gasteiger partial charge on any atom is -0.293 e. The molecule has 0 spiro atoms. The monoisotopic (exact) mass is 265 g/mol. The maximum atomic E-state index is 12.1. The average molecular weight is 265 g/mol. The van der Waals surface area contributed by atoms with E-state index in [1.165, 1.54) is 18.4 Å². The van der Waals surface area contributed by atoms with Gasteiger partial charge in [-0.05, 0) is 27.0 Å². The summed E-state index contributed by atoms with van der Waals surface area (Å²) in [5, 5.41) is 0. The molecular weight excluding hydrogens is 251 g/mol. The van der Waals surface area contributed by atoms with Crippen molar-refractivity contribution in [3.05, 3.63) is 21.4 Å². The zero-order valence-electron chi connectivity index (χ0n) is 9.89. The van der Waals surface area contributed by atoms with Gasteiger partial charge in [0.25, 0.3) is 0 Å². The van der Waals surface area contributed by atoms with Crippen molar-refractivity contribution >= 4 is 17.1 Å². The summed E-state index contributed by atoms with van der Waals surface area (Å²) in [4.78, 5) is 14.6. The third kappa shape index (κ3) is 4.47. The van der Waals surface area contributed by atoms with E-state index in [2.05, 4.69) is 0 Å². The van der Waals surface area contributed by atoms with E-state index < -0.39 is 12.7 Å². The van der Waals surface area contributed by atoms with Gasteiger partial charge in [0.15, 0.2) is 5.78 Å². The molecule has 0 unspecified atom stereocenters. The van der Waals surface area contributed by atoms with Crippen LogP contribution in [0.2, 0.25) is 0 Å². The van der Waals surface area contributed by atoms with Crippen molar-refractivity contribution in [1.82, 2.24) is 4.90 Å². The molecule has 0 saturated heterocycles. The van der Waals surface area contributed by atoms with Gasteiger partial charge >= 0.3 is 6.18 Å². The number of aryl methyl sites for hydroxylation is 2. The van der Waals surface area contributed by atoms with Crippen molar-refractivity contribution in [2.24, 2.45) is 0 Å². The fraction of sp³-hybridized carbons (Fsp3) is 0.545. The van der Waals surface area contributed by atoms with Gasteiger partial charge in [-0.3, -0.25) is 9.69 Å². The fourth-order valence-electron chi connectivity index (χ4n) is 1.60. The van der Waals surface area contributed by atoms with E-state index >= 15 is 0 Å². The van der Waals surface area contributed by atoms with Crippen LogP contribution in [-0.4, -0.2) is 37.0 Å². The van der Waals surface area contributed by atoms with E-state index in [4.69, 9.17) is 0 Å². The lowest BCUT2D eigenvalue weighted by atomic mass is 10.1. The molecule has 1 heterocycles. The molecule has 0 N–H and O–H groups in total. The molecule has 0 amide bonds. The van der Waals surface area contributed by atoms with Gasteiger partial charge in [-0.2, -0.15) is 13.2 Å². The molecule has 0 radical (unpaired) electrons. The lowest BCUT2D eigenvalue weighted by Crippen LogP contribution is -2.34. The first-order valence-corrected chi connectivity index (χ1v) is 5.86. The summed E-state index contributed by atoms with van der Waals surface area (Å²) in [6, 6.07) is 1.73. The lowest BCUT2D eigenvalue weighted by Gasteiger charge is -2.17. The molecule has 1 aromatic heterocycles. The highest BCUT2D eigenvalue weighted by molar-refractivity contribution is 7.12. The number of halogens is 3. The predicted molar refractivity (Wildman–Crippen MR) is 61.7 cm³/mol. The summed E-state index contributed by atoms with van der Waals surface area (Å²) in [6.07, 6.45) is -4.27. The van der Waals surface area contributed by atoms with Crippen molar-refractivity contribution in [1.29, 1.82) is 0 Å². The Morgan fingerprint density at radius 3 is 2.41 bits per heavy atom. The highest BCUT2D eigenvalue weighted by Gasteiger charge is 2.30. The molecule has 0 aliphatic rings. The van der Waals surface area contributed by atoms with Crippen LogP contribution in [0.5, 0.6) is 0 Å². The molecule has 17 heavy (non-hydrogen) atoms. The zero-order chi connectivity index (χ0) is 13.2. The lowest BCUT2D eigenvalue weighted by molar-refractivity contribution is -0.141. The Morgan fingerprint density at radius 2 is 2.00 bits per heavy atom. The van der Waals surface area contributed by atoms with Crippen molar-refractivity contribution in [2.45, 2.75) is 20.0 Å². The highest BCUT2D eigenvalue weighted by Crippen LogP contribution is 2.21. The highest BCUT2D eigenvalue weighted by atomic mass is 32.1. The average Bonchev–Trinajstić information content (AvgIpc) is 2.41. The number of hydrogen-bond donors (Lipinski definition) is 0. The van der Waals surface area contributed by atoms with Crippen LogP contribution in [-0.2, 0) is 0 Å². The summed E-state index contributed by atoms with van der Waals surface area (Å²) < 4.78 is 36.3. The van der Waals surface area contributed by atoms with Crippen molar-refractivity contribution in [3.8, 4) is 0 Å². The van der Waals surface area contributed by atoms with E-state index in [0.29, 0.717) is 5.56 Å². The Hall–Kier alpha value is -0.880. The van der Waals surface area contributed by atoms with Crippen molar-refractivity contribution < 1.29 is 18.0 Å². The Labute approximate surface area is 102 Å². The maximum Gasteiger partial charge on any atom is 0.401 e. The van der Waals surface area contributed by atoms with Crippen LogP contribution in [0.15, 0.2) is 6.07 Å². The quantitative estimate of drug-likeness (QED) is 0.780. The second kappa shape index (κ2) is 5.18. The van der Waals surface area contributed by atoms with Gasteiger partial charge in [0.05, 0.1) is 13.1 Å². The minimum atomic E-state index is -4.27. The summed E-state index contributed by atoms with van der Waals surface area (Å²) in [6.45, 7) is 2.39. The molecule has 0 aliphatic carbocycles. The van der Waals surface area contributed by atoms with E-state index in [1.807, 2.05) is 6.92 Å². The van der Waals surface area contributed by atoms with Crippen LogP contribution in [0.4, 0.5) is 13.2 Å². The van der Waals surface area contributed by atoms with E-state index in [-0.39, 0.29) is 12.3 Å². The Kier molecular flexibility index (Phi) is 4.32. The van der Waals surface area contributed by atoms with Gasteiger partial charge < -0.3 is 0 Å².